The minimum absolute atomic E-state index is 0.0219. The van der Waals surface area contributed by atoms with Crippen molar-refractivity contribution in [2.24, 2.45) is 0 Å². The van der Waals surface area contributed by atoms with E-state index in [9.17, 15) is 4.79 Å². The fraction of sp³-hybridized carbons (Fsp3) is 0.167. The van der Waals surface area contributed by atoms with Crippen molar-refractivity contribution in [1.82, 2.24) is 24.6 Å². The van der Waals surface area contributed by atoms with E-state index in [0.29, 0.717) is 34.2 Å². The average Bonchev–Trinajstić information content (AvgIpc) is 3.14. The topological polar surface area (TPSA) is 82.3 Å². The molecule has 0 N–H and O–H groups in total. The third-order valence-corrected chi connectivity index (χ3v) is 4.40. The van der Waals surface area contributed by atoms with E-state index in [0.717, 1.165) is 10.9 Å². The number of hydrogen-bond acceptors (Lipinski definition) is 6. The van der Waals surface area contributed by atoms with Gasteiger partial charge in [0.25, 0.3) is 5.78 Å². The summed E-state index contributed by atoms with van der Waals surface area (Å²) in [7, 11) is 0. The van der Waals surface area contributed by atoms with Crippen molar-refractivity contribution in [3.63, 3.8) is 0 Å². The number of pyridine rings is 1. The van der Waals surface area contributed by atoms with Crippen molar-refractivity contribution in [2.75, 3.05) is 0 Å². The maximum Gasteiger partial charge on any atom is 0.341 e. The van der Waals surface area contributed by atoms with Gasteiger partial charge in [0.05, 0.1) is 16.8 Å². The monoisotopic (exact) mass is 367 g/mol. The molecule has 0 radical (unpaired) electrons. The summed E-state index contributed by atoms with van der Waals surface area (Å²) in [5.74, 6) is -0.0452. The molecule has 26 heavy (non-hydrogen) atoms. The van der Waals surface area contributed by atoms with Crippen LogP contribution in [0.15, 0.2) is 42.9 Å². The Morgan fingerprint density at radius 1 is 1.27 bits per heavy atom. The molecule has 0 unspecified atom stereocenters. The Morgan fingerprint density at radius 2 is 2.12 bits per heavy atom. The van der Waals surface area contributed by atoms with Crippen LogP contribution in [0, 0.1) is 0 Å². The number of carbonyl (C=O) groups excluding carboxylic acids is 1. The van der Waals surface area contributed by atoms with Crippen molar-refractivity contribution < 1.29 is 9.53 Å². The molecule has 0 saturated carbocycles. The van der Waals surface area contributed by atoms with Crippen LogP contribution in [0.25, 0.3) is 16.7 Å². The quantitative estimate of drug-likeness (QED) is 0.407. The van der Waals surface area contributed by atoms with Crippen molar-refractivity contribution in [3.05, 3.63) is 64.8 Å². The lowest BCUT2D eigenvalue weighted by Crippen LogP contribution is -2.13. The molecule has 0 amide bonds. The summed E-state index contributed by atoms with van der Waals surface area (Å²) in [5.41, 5.74) is 2.49. The SMILES string of the molecule is CCc1c(C(=O)OCc2cc3ccccc3nc2Cl)cnc2ncnn12. The Hall–Kier alpha value is -3.06. The molecular formula is C18H14ClN5O2. The molecule has 4 aromatic rings. The lowest BCUT2D eigenvalue weighted by Gasteiger charge is -2.10. The van der Waals surface area contributed by atoms with Crippen molar-refractivity contribution in [2.45, 2.75) is 20.0 Å². The first-order chi connectivity index (χ1) is 12.7. The van der Waals surface area contributed by atoms with Crippen molar-refractivity contribution in [3.8, 4) is 0 Å². The number of benzene rings is 1. The summed E-state index contributed by atoms with van der Waals surface area (Å²) in [6.45, 7) is 1.95. The molecule has 7 nitrogen and oxygen atoms in total. The van der Waals surface area contributed by atoms with E-state index in [2.05, 4.69) is 20.1 Å². The molecule has 0 aliphatic heterocycles. The molecule has 0 fully saturated rings. The van der Waals surface area contributed by atoms with Gasteiger partial charge in [-0.1, -0.05) is 36.7 Å². The molecule has 0 atom stereocenters. The highest BCUT2D eigenvalue weighted by Gasteiger charge is 2.18. The number of esters is 1. The van der Waals surface area contributed by atoms with Crippen LogP contribution in [0.3, 0.4) is 0 Å². The number of para-hydroxylation sites is 1. The second-order valence-electron chi connectivity index (χ2n) is 5.65. The van der Waals surface area contributed by atoms with Crippen LogP contribution >= 0.6 is 11.6 Å². The summed E-state index contributed by atoms with van der Waals surface area (Å²) in [6, 6.07) is 9.49. The van der Waals surface area contributed by atoms with Crippen LogP contribution < -0.4 is 0 Å². The molecule has 1 aromatic carbocycles. The van der Waals surface area contributed by atoms with Crippen molar-refractivity contribution in [1.29, 1.82) is 0 Å². The number of halogens is 1. The normalized spacial score (nSPS) is 11.2. The van der Waals surface area contributed by atoms with Gasteiger partial charge in [0, 0.05) is 17.1 Å². The number of nitrogens with zero attached hydrogens (tertiary/aromatic N) is 5. The van der Waals surface area contributed by atoms with Gasteiger partial charge in [-0.2, -0.15) is 10.1 Å². The fourth-order valence-electron chi connectivity index (χ4n) is 2.79. The minimum atomic E-state index is -0.490. The molecule has 0 aliphatic carbocycles. The maximum atomic E-state index is 12.6. The van der Waals surface area contributed by atoms with E-state index < -0.39 is 5.97 Å². The van der Waals surface area contributed by atoms with Gasteiger partial charge in [0.1, 0.15) is 18.1 Å². The summed E-state index contributed by atoms with van der Waals surface area (Å²) < 4.78 is 6.99. The number of ether oxygens (including phenoxy) is 1. The average molecular weight is 368 g/mol. The summed E-state index contributed by atoms with van der Waals surface area (Å²) in [5, 5.41) is 5.35. The fourth-order valence-corrected chi connectivity index (χ4v) is 2.99. The van der Waals surface area contributed by atoms with Crippen LogP contribution in [0.1, 0.15) is 28.5 Å². The van der Waals surface area contributed by atoms with E-state index in [-0.39, 0.29) is 6.61 Å². The van der Waals surface area contributed by atoms with Gasteiger partial charge in [0.15, 0.2) is 0 Å². The molecule has 0 saturated heterocycles. The molecule has 130 valence electrons. The Labute approximate surface area is 153 Å². The Kier molecular flexibility index (Phi) is 4.22. The van der Waals surface area contributed by atoms with Crippen LogP contribution in [-0.2, 0) is 17.8 Å². The number of carbonyl (C=O) groups is 1. The van der Waals surface area contributed by atoms with Crippen LogP contribution in [0.4, 0.5) is 0 Å². The number of aromatic nitrogens is 5. The highest BCUT2D eigenvalue weighted by atomic mass is 35.5. The summed E-state index contributed by atoms with van der Waals surface area (Å²) in [4.78, 5) is 25.0. The number of hydrogen-bond donors (Lipinski definition) is 0. The van der Waals surface area contributed by atoms with Gasteiger partial charge >= 0.3 is 5.97 Å². The van der Waals surface area contributed by atoms with Crippen LogP contribution in [0.2, 0.25) is 5.15 Å². The molecule has 8 heteroatoms. The highest BCUT2D eigenvalue weighted by molar-refractivity contribution is 6.30. The van der Waals surface area contributed by atoms with Crippen LogP contribution in [-0.4, -0.2) is 30.5 Å². The molecular weight excluding hydrogens is 354 g/mol. The van der Waals surface area contributed by atoms with E-state index in [1.807, 2.05) is 37.3 Å². The lowest BCUT2D eigenvalue weighted by molar-refractivity contribution is 0.0470. The minimum Gasteiger partial charge on any atom is -0.457 e. The van der Waals surface area contributed by atoms with E-state index >= 15 is 0 Å². The van der Waals surface area contributed by atoms with E-state index in [4.69, 9.17) is 16.3 Å². The molecule has 0 bridgehead atoms. The molecule has 0 aliphatic rings. The third-order valence-electron chi connectivity index (χ3n) is 4.07. The maximum absolute atomic E-state index is 12.6. The molecule has 3 heterocycles. The third kappa shape index (κ3) is 2.86. The Morgan fingerprint density at radius 3 is 2.96 bits per heavy atom. The standard InChI is InChI=1S/C18H14ClN5O2/c1-2-15-13(8-20-18-21-10-22-24(15)18)17(25)26-9-12-7-11-5-3-4-6-14(11)23-16(12)19/h3-8,10H,2,9H2,1H3. The molecule has 0 spiro atoms. The zero-order valence-electron chi connectivity index (χ0n) is 13.9. The second-order valence-corrected chi connectivity index (χ2v) is 6.01. The van der Waals surface area contributed by atoms with Gasteiger partial charge in [-0.3, -0.25) is 0 Å². The van der Waals surface area contributed by atoms with Crippen LogP contribution in [0.5, 0.6) is 0 Å². The van der Waals surface area contributed by atoms with Gasteiger partial charge in [-0.15, -0.1) is 0 Å². The van der Waals surface area contributed by atoms with Crippen molar-refractivity contribution >= 4 is 34.3 Å². The Balaban J connectivity index is 1.60. The summed E-state index contributed by atoms with van der Waals surface area (Å²) in [6.07, 6.45) is 3.45. The summed E-state index contributed by atoms with van der Waals surface area (Å²) >= 11 is 6.22. The first-order valence-corrected chi connectivity index (χ1v) is 8.44. The Bertz CT molecular complexity index is 1130. The first-order valence-electron chi connectivity index (χ1n) is 8.06. The predicted octanol–water partition coefficient (Wildman–Crippen LogP) is 3.25. The number of fused-ring (bicyclic) bond motifs is 2. The second kappa shape index (κ2) is 6.68. The number of rotatable bonds is 4. The molecule has 3 aromatic heterocycles. The zero-order chi connectivity index (χ0) is 18.1. The van der Waals surface area contributed by atoms with Gasteiger partial charge in [-0.25, -0.2) is 19.3 Å². The van der Waals surface area contributed by atoms with Gasteiger partial charge in [-0.05, 0) is 18.6 Å². The van der Waals surface area contributed by atoms with Gasteiger partial charge < -0.3 is 4.74 Å². The highest BCUT2D eigenvalue weighted by Crippen LogP contribution is 2.22. The van der Waals surface area contributed by atoms with E-state index in [1.165, 1.54) is 12.5 Å². The van der Waals surface area contributed by atoms with Gasteiger partial charge in [0.2, 0.25) is 0 Å². The lowest BCUT2D eigenvalue weighted by atomic mass is 10.1. The predicted molar refractivity (Wildman–Crippen MR) is 96.0 cm³/mol. The molecule has 4 rings (SSSR count). The van der Waals surface area contributed by atoms with E-state index in [1.54, 1.807) is 4.52 Å². The number of aryl methyl sites for hydroxylation is 1. The smallest absolute Gasteiger partial charge is 0.341 e. The largest absolute Gasteiger partial charge is 0.457 e. The first kappa shape index (κ1) is 16.4. The zero-order valence-corrected chi connectivity index (χ0v) is 14.6.